The Morgan fingerprint density at radius 2 is 2.33 bits per heavy atom. The summed E-state index contributed by atoms with van der Waals surface area (Å²) in [5.74, 6) is 0. The molecule has 1 rings (SSSR count). The van der Waals surface area contributed by atoms with Gasteiger partial charge in [-0.05, 0) is 19.4 Å². The molecule has 72 valence electrons. The first-order valence-electron chi connectivity index (χ1n) is 4.25. The van der Waals surface area contributed by atoms with Gasteiger partial charge in [-0.15, -0.1) is 0 Å². The zero-order chi connectivity index (χ0) is 8.97. The maximum atomic E-state index is 12.0. The van der Waals surface area contributed by atoms with Crippen LogP contribution in [0.1, 0.15) is 12.8 Å². The Bertz CT molecular complexity index is 132. The smallest absolute Gasteiger partial charge is 0.251 e. The number of hydrogen-bond acceptors (Lipinski definition) is 2. The van der Waals surface area contributed by atoms with Gasteiger partial charge in [0.05, 0.1) is 13.2 Å². The lowest BCUT2D eigenvalue weighted by atomic mass is 10.2. The average Bonchev–Trinajstić information content (AvgIpc) is 2.37. The lowest BCUT2D eigenvalue weighted by Gasteiger charge is -2.22. The van der Waals surface area contributed by atoms with Crippen molar-refractivity contribution in [1.82, 2.24) is 4.90 Å². The van der Waals surface area contributed by atoms with Crippen molar-refractivity contribution in [3.8, 4) is 0 Å². The Morgan fingerprint density at radius 3 is 2.92 bits per heavy atom. The fourth-order valence-electron chi connectivity index (χ4n) is 1.69. The van der Waals surface area contributed by atoms with E-state index in [-0.39, 0.29) is 12.6 Å². The van der Waals surface area contributed by atoms with Crippen molar-refractivity contribution in [2.45, 2.75) is 25.3 Å². The summed E-state index contributed by atoms with van der Waals surface area (Å²) in [7, 11) is 1.61. The van der Waals surface area contributed by atoms with Gasteiger partial charge in [-0.1, -0.05) is 0 Å². The molecular formula is C8H15F2NO. The molecule has 1 aliphatic heterocycles. The van der Waals surface area contributed by atoms with Crippen molar-refractivity contribution in [2.75, 3.05) is 26.8 Å². The molecule has 1 saturated heterocycles. The van der Waals surface area contributed by atoms with Gasteiger partial charge in [0.2, 0.25) is 0 Å². The summed E-state index contributed by atoms with van der Waals surface area (Å²) in [4.78, 5) is 1.81. The van der Waals surface area contributed by atoms with Gasteiger partial charge in [-0.3, -0.25) is 4.90 Å². The molecule has 2 nitrogen and oxygen atoms in total. The minimum atomic E-state index is -2.22. The molecule has 0 spiro atoms. The third kappa shape index (κ3) is 2.68. The van der Waals surface area contributed by atoms with Crippen molar-refractivity contribution < 1.29 is 13.5 Å². The predicted octanol–water partition coefficient (Wildman–Crippen LogP) is 1.36. The van der Waals surface area contributed by atoms with E-state index >= 15 is 0 Å². The molecule has 0 aromatic rings. The monoisotopic (exact) mass is 179 g/mol. The first kappa shape index (κ1) is 9.86. The molecule has 1 heterocycles. The maximum Gasteiger partial charge on any atom is 0.251 e. The summed E-state index contributed by atoms with van der Waals surface area (Å²) in [5, 5.41) is 0. The van der Waals surface area contributed by atoms with Gasteiger partial charge >= 0.3 is 0 Å². The molecular weight excluding hydrogens is 164 g/mol. The van der Waals surface area contributed by atoms with Crippen molar-refractivity contribution in [1.29, 1.82) is 0 Å². The highest BCUT2D eigenvalue weighted by atomic mass is 19.3. The molecule has 0 N–H and O–H groups in total. The van der Waals surface area contributed by atoms with Crippen LogP contribution in [0.2, 0.25) is 0 Å². The van der Waals surface area contributed by atoms with E-state index < -0.39 is 6.43 Å². The standard InChI is InChI=1S/C8H15F2NO/c1-12-6-7-3-2-4-11(7)5-8(9)10/h7-8H,2-6H2,1H3. The van der Waals surface area contributed by atoms with Crippen LogP contribution in [0.15, 0.2) is 0 Å². The van der Waals surface area contributed by atoms with Crippen LogP contribution in [0, 0.1) is 0 Å². The van der Waals surface area contributed by atoms with Crippen LogP contribution in [0.25, 0.3) is 0 Å². The molecule has 1 atom stereocenters. The molecule has 0 radical (unpaired) electrons. The number of hydrogen-bond donors (Lipinski definition) is 0. The van der Waals surface area contributed by atoms with E-state index in [2.05, 4.69) is 0 Å². The van der Waals surface area contributed by atoms with Gasteiger partial charge in [0.1, 0.15) is 0 Å². The number of ether oxygens (including phenoxy) is 1. The summed E-state index contributed by atoms with van der Waals surface area (Å²) in [6.07, 6.45) is -0.219. The minimum absolute atomic E-state index is 0.103. The Labute approximate surface area is 71.5 Å². The van der Waals surface area contributed by atoms with Gasteiger partial charge in [0.15, 0.2) is 0 Å². The number of likely N-dealkylation sites (tertiary alicyclic amines) is 1. The molecule has 4 heteroatoms. The highest BCUT2D eigenvalue weighted by Gasteiger charge is 2.26. The number of methoxy groups -OCH3 is 1. The number of nitrogens with zero attached hydrogens (tertiary/aromatic N) is 1. The van der Waals surface area contributed by atoms with Crippen molar-refractivity contribution in [2.24, 2.45) is 0 Å². The van der Waals surface area contributed by atoms with Crippen LogP contribution in [-0.4, -0.2) is 44.2 Å². The lowest BCUT2D eigenvalue weighted by Crippen LogP contribution is -2.36. The maximum absolute atomic E-state index is 12.0. The van der Waals surface area contributed by atoms with Gasteiger partial charge in [-0.25, -0.2) is 8.78 Å². The highest BCUT2D eigenvalue weighted by molar-refractivity contribution is 4.78. The van der Waals surface area contributed by atoms with E-state index in [4.69, 9.17) is 4.74 Å². The summed E-state index contributed by atoms with van der Waals surface area (Å²) in [6, 6.07) is 0.212. The first-order chi connectivity index (χ1) is 5.74. The van der Waals surface area contributed by atoms with Crippen LogP contribution in [0.4, 0.5) is 8.78 Å². The average molecular weight is 179 g/mol. The second-order valence-electron chi connectivity index (χ2n) is 3.14. The predicted molar refractivity (Wildman–Crippen MR) is 42.5 cm³/mol. The third-order valence-electron chi connectivity index (χ3n) is 2.23. The second-order valence-corrected chi connectivity index (χ2v) is 3.14. The molecule has 1 unspecified atom stereocenters. The SMILES string of the molecule is COCC1CCCN1CC(F)F. The summed E-state index contributed by atoms with van der Waals surface area (Å²) in [5.41, 5.74) is 0. The fraction of sp³-hybridized carbons (Fsp3) is 1.00. The quantitative estimate of drug-likeness (QED) is 0.646. The fourth-order valence-corrected chi connectivity index (χ4v) is 1.69. The number of alkyl halides is 2. The van der Waals surface area contributed by atoms with Gasteiger partial charge in [0.25, 0.3) is 6.43 Å². The summed E-state index contributed by atoms with van der Waals surface area (Å²) < 4.78 is 29.0. The topological polar surface area (TPSA) is 12.5 Å². The second kappa shape index (κ2) is 4.72. The minimum Gasteiger partial charge on any atom is -0.383 e. The van der Waals surface area contributed by atoms with Gasteiger partial charge < -0.3 is 4.74 Å². The zero-order valence-electron chi connectivity index (χ0n) is 7.30. The van der Waals surface area contributed by atoms with E-state index in [1.807, 2.05) is 4.90 Å². The molecule has 1 aliphatic rings. The van der Waals surface area contributed by atoms with Crippen LogP contribution in [0.3, 0.4) is 0 Å². The Morgan fingerprint density at radius 1 is 1.58 bits per heavy atom. The largest absolute Gasteiger partial charge is 0.383 e. The number of rotatable bonds is 4. The first-order valence-corrected chi connectivity index (χ1v) is 4.25. The molecule has 0 aliphatic carbocycles. The highest BCUT2D eigenvalue weighted by Crippen LogP contribution is 2.18. The van der Waals surface area contributed by atoms with E-state index in [1.165, 1.54) is 0 Å². The molecule has 0 saturated carbocycles. The zero-order valence-corrected chi connectivity index (χ0v) is 7.30. The van der Waals surface area contributed by atoms with Crippen molar-refractivity contribution in [3.05, 3.63) is 0 Å². The Balaban J connectivity index is 2.30. The normalized spacial score (nSPS) is 25.5. The van der Waals surface area contributed by atoms with Crippen molar-refractivity contribution >= 4 is 0 Å². The summed E-state index contributed by atoms with van der Waals surface area (Å²) >= 11 is 0. The van der Waals surface area contributed by atoms with Crippen molar-refractivity contribution in [3.63, 3.8) is 0 Å². The van der Waals surface area contributed by atoms with E-state index in [1.54, 1.807) is 7.11 Å². The Hall–Kier alpha value is -0.220. The van der Waals surface area contributed by atoms with Gasteiger partial charge in [0, 0.05) is 13.2 Å². The van der Waals surface area contributed by atoms with Crippen LogP contribution >= 0.6 is 0 Å². The summed E-state index contributed by atoms with van der Waals surface area (Å²) in [6.45, 7) is 1.26. The Kier molecular flexibility index (Phi) is 3.88. The molecule has 1 fully saturated rings. The third-order valence-corrected chi connectivity index (χ3v) is 2.23. The molecule has 0 amide bonds. The molecule has 0 aromatic carbocycles. The van der Waals surface area contributed by atoms with Crippen LogP contribution in [-0.2, 0) is 4.74 Å². The van der Waals surface area contributed by atoms with E-state index in [9.17, 15) is 8.78 Å². The van der Waals surface area contributed by atoms with Gasteiger partial charge in [-0.2, -0.15) is 0 Å². The van der Waals surface area contributed by atoms with E-state index in [0.717, 1.165) is 19.4 Å². The lowest BCUT2D eigenvalue weighted by molar-refractivity contribution is 0.0555. The van der Waals surface area contributed by atoms with Crippen LogP contribution in [0.5, 0.6) is 0 Å². The molecule has 0 bridgehead atoms. The van der Waals surface area contributed by atoms with Crippen LogP contribution < -0.4 is 0 Å². The molecule has 12 heavy (non-hydrogen) atoms. The molecule has 0 aromatic heterocycles. The van der Waals surface area contributed by atoms with E-state index in [0.29, 0.717) is 6.61 Å². The number of halogens is 2.